The monoisotopic (exact) mass is 230 g/mol. The quantitative estimate of drug-likeness (QED) is 0.836. The minimum Gasteiger partial charge on any atom is -0.383 e. The van der Waals surface area contributed by atoms with Gasteiger partial charge in [-0.25, -0.2) is 18.7 Å². The number of nitrogens with two attached hydrogens (primary N) is 1. The van der Waals surface area contributed by atoms with Crippen molar-refractivity contribution in [1.29, 1.82) is 0 Å². The molecule has 16 heavy (non-hydrogen) atoms. The fraction of sp³-hybridized carbons (Fsp3) is 0.600. The van der Waals surface area contributed by atoms with E-state index in [1.54, 1.807) is 7.05 Å². The molecule has 2 N–H and O–H groups in total. The van der Waals surface area contributed by atoms with Gasteiger partial charge in [-0.2, -0.15) is 0 Å². The molecule has 0 aliphatic rings. The highest BCUT2D eigenvalue weighted by molar-refractivity contribution is 5.56. The van der Waals surface area contributed by atoms with Crippen LogP contribution in [0.3, 0.4) is 0 Å². The minimum absolute atomic E-state index is 0.354. The molecule has 0 atom stereocenters. The van der Waals surface area contributed by atoms with E-state index < -0.39 is 6.43 Å². The number of hydrogen-bond acceptors (Lipinski definition) is 4. The Balaban J connectivity index is 2.97. The predicted molar refractivity (Wildman–Crippen MR) is 59.7 cm³/mol. The number of nitrogen functional groups attached to an aromatic ring is 1. The standard InChI is InChI=1S/C10H16F2N4/c1-3-4-7-9(13)14-6-15-10(7)16(2)5-8(11)12/h6,8H,3-5H2,1-2H3,(H2,13,14,15). The van der Waals surface area contributed by atoms with Crippen LogP contribution in [-0.4, -0.2) is 30.0 Å². The number of nitrogens with zero attached hydrogens (tertiary/aromatic N) is 3. The van der Waals surface area contributed by atoms with Gasteiger partial charge in [0.05, 0.1) is 6.54 Å². The zero-order chi connectivity index (χ0) is 12.1. The van der Waals surface area contributed by atoms with Crippen LogP contribution in [0, 0.1) is 0 Å². The van der Waals surface area contributed by atoms with Gasteiger partial charge in [0.2, 0.25) is 0 Å². The van der Waals surface area contributed by atoms with Gasteiger partial charge in [-0.1, -0.05) is 13.3 Å². The molecular weight excluding hydrogens is 214 g/mol. The molecular formula is C10H16F2N4. The van der Waals surface area contributed by atoms with E-state index in [9.17, 15) is 8.78 Å². The van der Waals surface area contributed by atoms with E-state index >= 15 is 0 Å². The summed E-state index contributed by atoms with van der Waals surface area (Å²) < 4.78 is 24.5. The summed E-state index contributed by atoms with van der Waals surface area (Å²) in [7, 11) is 1.58. The first-order valence-electron chi connectivity index (χ1n) is 5.14. The van der Waals surface area contributed by atoms with Crippen molar-refractivity contribution in [2.45, 2.75) is 26.2 Å². The number of anilines is 2. The molecule has 4 nitrogen and oxygen atoms in total. The summed E-state index contributed by atoms with van der Waals surface area (Å²) in [5.74, 6) is 0.864. The maximum atomic E-state index is 12.3. The molecule has 0 unspecified atom stereocenters. The molecule has 1 heterocycles. The second-order valence-corrected chi connectivity index (χ2v) is 3.58. The highest BCUT2D eigenvalue weighted by Gasteiger charge is 2.15. The Morgan fingerprint density at radius 1 is 1.44 bits per heavy atom. The van der Waals surface area contributed by atoms with Crippen LogP contribution in [0.25, 0.3) is 0 Å². The molecule has 0 spiro atoms. The first-order valence-corrected chi connectivity index (χ1v) is 5.14. The molecule has 0 fully saturated rings. The molecule has 0 saturated heterocycles. The van der Waals surface area contributed by atoms with Gasteiger partial charge in [-0.3, -0.25) is 0 Å². The summed E-state index contributed by atoms with van der Waals surface area (Å²) >= 11 is 0. The van der Waals surface area contributed by atoms with Gasteiger partial charge < -0.3 is 10.6 Å². The van der Waals surface area contributed by atoms with Gasteiger partial charge in [0.25, 0.3) is 6.43 Å². The maximum absolute atomic E-state index is 12.3. The fourth-order valence-electron chi connectivity index (χ4n) is 1.53. The summed E-state index contributed by atoms with van der Waals surface area (Å²) in [6.45, 7) is 1.64. The number of halogens is 2. The molecule has 0 saturated carbocycles. The van der Waals surface area contributed by atoms with Gasteiger partial charge in [0, 0.05) is 12.6 Å². The molecule has 1 aromatic rings. The van der Waals surface area contributed by atoms with Crippen LogP contribution < -0.4 is 10.6 Å². The summed E-state index contributed by atoms with van der Waals surface area (Å²) in [6.07, 6.45) is 0.463. The van der Waals surface area contributed by atoms with Crippen LogP contribution in [0.1, 0.15) is 18.9 Å². The minimum atomic E-state index is -2.39. The van der Waals surface area contributed by atoms with Gasteiger partial charge in [0.15, 0.2) is 0 Å². The average Bonchev–Trinajstić information content (AvgIpc) is 2.20. The van der Waals surface area contributed by atoms with E-state index in [4.69, 9.17) is 5.73 Å². The van der Waals surface area contributed by atoms with Crippen molar-refractivity contribution >= 4 is 11.6 Å². The predicted octanol–water partition coefficient (Wildman–Crippen LogP) is 1.71. The van der Waals surface area contributed by atoms with Gasteiger partial charge >= 0.3 is 0 Å². The van der Waals surface area contributed by atoms with Crippen molar-refractivity contribution < 1.29 is 8.78 Å². The lowest BCUT2D eigenvalue weighted by molar-refractivity contribution is 0.156. The van der Waals surface area contributed by atoms with E-state index in [0.717, 1.165) is 12.0 Å². The Morgan fingerprint density at radius 3 is 2.69 bits per heavy atom. The third kappa shape index (κ3) is 3.01. The van der Waals surface area contributed by atoms with Crippen LogP contribution in [0.15, 0.2) is 6.33 Å². The Labute approximate surface area is 93.5 Å². The van der Waals surface area contributed by atoms with Crippen molar-refractivity contribution in [1.82, 2.24) is 9.97 Å². The number of aromatic nitrogens is 2. The Hall–Kier alpha value is -1.46. The lowest BCUT2D eigenvalue weighted by Crippen LogP contribution is -2.26. The smallest absolute Gasteiger partial charge is 0.255 e. The zero-order valence-corrected chi connectivity index (χ0v) is 9.45. The highest BCUT2D eigenvalue weighted by atomic mass is 19.3. The molecule has 90 valence electrons. The van der Waals surface area contributed by atoms with Crippen molar-refractivity contribution in [3.63, 3.8) is 0 Å². The molecule has 0 radical (unpaired) electrons. The second kappa shape index (κ2) is 5.58. The summed E-state index contributed by atoms with van der Waals surface area (Å²) in [6, 6.07) is 0. The second-order valence-electron chi connectivity index (χ2n) is 3.58. The summed E-state index contributed by atoms with van der Waals surface area (Å²) in [5.41, 5.74) is 6.45. The van der Waals surface area contributed by atoms with Crippen molar-refractivity contribution in [3.8, 4) is 0 Å². The largest absolute Gasteiger partial charge is 0.383 e. The lowest BCUT2D eigenvalue weighted by Gasteiger charge is -2.20. The van der Waals surface area contributed by atoms with Crippen LogP contribution in [0.2, 0.25) is 0 Å². The first-order chi connectivity index (χ1) is 7.56. The van der Waals surface area contributed by atoms with E-state index in [1.807, 2.05) is 6.92 Å². The molecule has 0 aromatic carbocycles. The number of alkyl halides is 2. The van der Waals surface area contributed by atoms with Crippen LogP contribution in [0.5, 0.6) is 0 Å². The fourth-order valence-corrected chi connectivity index (χ4v) is 1.53. The number of rotatable bonds is 5. The molecule has 1 aromatic heterocycles. The molecule has 1 rings (SSSR count). The van der Waals surface area contributed by atoms with E-state index in [2.05, 4.69) is 9.97 Å². The first kappa shape index (κ1) is 12.6. The van der Waals surface area contributed by atoms with Gasteiger partial charge in [-0.05, 0) is 6.42 Å². The highest BCUT2D eigenvalue weighted by Crippen LogP contribution is 2.22. The van der Waals surface area contributed by atoms with Crippen LogP contribution in [-0.2, 0) is 6.42 Å². The van der Waals surface area contributed by atoms with Gasteiger partial charge in [-0.15, -0.1) is 0 Å². The van der Waals surface area contributed by atoms with E-state index in [-0.39, 0.29) is 6.54 Å². The normalized spacial score (nSPS) is 10.8. The third-order valence-electron chi connectivity index (χ3n) is 2.23. The van der Waals surface area contributed by atoms with Crippen molar-refractivity contribution in [2.24, 2.45) is 0 Å². The van der Waals surface area contributed by atoms with E-state index in [0.29, 0.717) is 18.1 Å². The Kier molecular flexibility index (Phi) is 4.39. The van der Waals surface area contributed by atoms with Crippen molar-refractivity contribution in [2.75, 3.05) is 24.2 Å². The van der Waals surface area contributed by atoms with E-state index in [1.165, 1.54) is 11.2 Å². The number of hydrogen-bond donors (Lipinski definition) is 1. The van der Waals surface area contributed by atoms with Crippen LogP contribution >= 0.6 is 0 Å². The summed E-state index contributed by atoms with van der Waals surface area (Å²) in [5, 5.41) is 0. The zero-order valence-electron chi connectivity index (χ0n) is 9.45. The topological polar surface area (TPSA) is 55.0 Å². The Bertz CT molecular complexity index is 344. The molecule has 0 amide bonds. The van der Waals surface area contributed by atoms with Gasteiger partial charge in [0.1, 0.15) is 18.0 Å². The SMILES string of the molecule is CCCc1c(N)ncnc1N(C)CC(F)F. The van der Waals surface area contributed by atoms with Crippen molar-refractivity contribution in [3.05, 3.63) is 11.9 Å². The van der Waals surface area contributed by atoms with Crippen LogP contribution in [0.4, 0.5) is 20.4 Å². The average molecular weight is 230 g/mol. The Morgan fingerprint density at radius 2 is 2.12 bits per heavy atom. The molecule has 6 heteroatoms. The molecule has 0 aliphatic carbocycles. The lowest BCUT2D eigenvalue weighted by atomic mass is 10.1. The summed E-state index contributed by atoms with van der Waals surface area (Å²) in [4.78, 5) is 9.30. The molecule has 0 bridgehead atoms. The molecule has 0 aliphatic heterocycles. The third-order valence-corrected chi connectivity index (χ3v) is 2.23. The maximum Gasteiger partial charge on any atom is 0.255 e.